The number of rotatable bonds is 5. The maximum atomic E-state index is 11.2. The van der Waals surface area contributed by atoms with Crippen LogP contribution in [0.4, 0.5) is 11.5 Å². The molecule has 0 bridgehead atoms. The zero-order valence-electron chi connectivity index (χ0n) is 11.7. The minimum atomic E-state index is -0.979. The van der Waals surface area contributed by atoms with E-state index in [-0.39, 0.29) is 5.56 Å². The summed E-state index contributed by atoms with van der Waals surface area (Å²) in [5.41, 5.74) is 3.47. The first-order valence-electron chi connectivity index (χ1n) is 6.73. The topological polar surface area (TPSA) is 62.2 Å². The summed E-state index contributed by atoms with van der Waals surface area (Å²) >= 11 is 0. The molecule has 0 radical (unpaired) electrons. The summed E-state index contributed by atoms with van der Waals surface area (Å²) < 4.78 is 0. The van der Waals surface area contributed by atoms with Crippen molar-refractivity contribution in [3.05, 3.63) is 53.2 Å². The average molecular weight is 270 g/mol. The lowest BCUT2D eigenvalue weighted by Crippen LogP contribution is -2.07. The van der Waals surface area contributed by atoms with Crippen LogP contribution in [-0.2, 0) is 12.8 Å². The Morgan fingerprint density at radius 1 is 1.15 bits per heavy atom. The molecule has 0 amide bonds. The van der Waals surface area contributed by atoms with Gasteiger partial charge in [0.2, 0.25) is 0 Å². The second-order valence-electron chi connectivity index (χ2n) is 4.49. The van der Waals surface area contributed by atoms with E-state index < -0.39 is 5.97 Å². The van der Waals surface area contributed by atoms with Crippen LogP contribution < -0.4 is 5.32 Å². The Labute approximate surface area is 118 Å². The molecule has 1 heterocycles. The van der Waals surface area contributed by atoms with Crippen LogP contribution in [-0.4, -0.2) is 16.1 Å². The first-order chi connectivity index (χ1) is 9.67. The minimum Gasteiger partial charge on any atom is -0.478 e. The van der Waals surface area contributed by atoms with Gasteiger partial charge < -0.3 is 10.4 Å². The van der Waals surface area contributed by atoms with Crippen molar-refractivity contribution in [1.29, 1.82) is 0 Å². The lowest BCUT2D eigenvalue weighted by molar-refractivity contribution is 0.0697. The number of aromatic nitrogens is 1. The van der Waals surface area contributed by atoms with E-state index >= 15 is 0 Å². The number of anilines is 2. The van der Waals surface area contributed by atoms with Gasteiger partial charge in [-0.05, 0) is 36.1 Å². The Bertz CT molecular complexity index is 601. The second kappa shape index (κ2) is 6.19. The molecule has 1 aromatic carbocycles. The highest BCUT2D eigenvalue weighted by atomic mass is 16.4. The van der Waals surface area contributed by atoms with E-state index in [1.165, 1.54) is 0 Å². The fraction of sp³-hybridized carbons (Fsp3) is 0.250. The molecule has 4 nitrogen and oxygen atoms in total. The molecule has 2 N–H and O–H groups in total. The van der Waals surface area contributed by atoms with Gasteiger partial charge in [0.05, 0.1) is 0 Å². The van der Waals surface area contributed by atoms with Gasteiger partial charge in [0.1, 0.15) is 11.4 Å². The highest BCUT2D eigenvalue weighted by Crippen LogP contribution is 2.27. The van der Waals surface area contributed by atoms with E-state index in [4.69, 9.17) is 0 Å². The number of hydrogen-bond donors (Lipinski definition) is 2. The molecule has 0 fully saturated rings. The molecular weight excluding hydrogens is 252 g/mol. The molecule has 0 unspecified atom stereocenters. The van der Waals surface area contributed by atoms with Crippen LogP contribution in [0.3, 0.4) is 0 Å². The molecule has 0 spiro atoms. The quantitative estimate of drug-likeness (QED) is 0.870. The van der Waals surface area contributed by atoms with Crippen molar-refractivity contribution in [2.24, 2.45) is 0 Å². The molecule has 0 aliphatic carbocycles. The van der Waals surface area contributed by atoms with Gasteiger partial charge in [0.15, 0.2) is 0 Å². The smallest absolute Gasteiger partial charge is 0.339 e. The average Bonchev–Trinajstić information content (AvgIpc) is 2.47. The number of aryl methyl sites for hydroxylation is 2. The molecule has 20 heavy (non-hydrogen) atoms. The largest absolute Gasteiger partial charge is 0.478 e. The lowest BCUT2D eigenvalue weighted by atomic mass is 10.0. The Morgan fingerprint density at radius 3 is 2.35 bits per heavy atom. The van der Waals surface area contributed by atoms with Crippen molar-refractivity contribution < 1.29 is 9.90 Å². The number of nitrogens with zero attached hydrogens (tertiary/aromatic N) is 1. The molecule has 0 saturated heterocycles. The van der Waals surface area contributed by atoms with Gasteiger partial charge in [-0.3, -0.25) is 0 Å². The van der Waals surface area contributed by atoms with Gasteiger partial charge in [-0.2, -0.15) is 0 Å². The Balaban J connectivity index is 2.47. The summed E-state index contributed by atoms with van der Waals surface area (Å²) in [5.74, 6) is -0.594. The van der Waals surface area contributed by atoms with Crippen LogP contribution in [0.15, 0.2) is 36.5 Å². The summed E-state index contributed by atoms with van der Waals surface area (Å²) in [6.07, 6.45) is 3.35. The molecule has 0 aliphatic heterocycles. The number of nitrogens with one attached hydrogen (secondary N) is 1. The van der Waals surface area contributed by atoms with E-state index in [0.717, 1.165) is 29.7 Å². The highest BCUT2D eigenvalue weighted by molar-refractivity contribution is 5.94. The molecule has 104 valence electrons. The molecule has 2 aromatic rings. The van der Waals surface area contributed by atoms with Crippen molar-refractivity contribution in [1.82, 2.24) is 4.98 Å². The van der Waals surface area contributed by atoms with Crippen molar-refractivity contribution >= 4 is 17.5 Å². The van der Waals surface area contributed by atoms with E-state index in [2.05, 4.69) is 24.1 Å². The lowest BCUT2D eigenvalue weighted by Gasteiger charge is -2.15. The summed E-state index contributed by atoms with van der Waals surface area (Å²) in [5, 5.41) is 12.4. The number of aromatic carboxylic acids is 1. The maximum absolute atomic E-state index is 11.2. The standard InChI is InChI=1S/C16H18N2O2/c1-3-11-7-5-8-12(4-2)14(11)18-15-13(16(19)20)9-6-10-17-15/h5-10H,3-4H2,1-2H3,(H,17,18)(H,19,20). The van der Waals surface area contributed by atoms with Crippen LogP contribution in [0.5, 0.6) is 0 Å². The van der Waals surface area contributed by atoms with Crippen LogP contribution in [0.1, 0.15) is 35.3 Å². The van der Waals surface area contributed by atoms with Crippen LogP contribution >= 0.6 is 0 Å². The zero-order chi connectivity index (χ0) is 14.5. The number of para-hydroxylation sites is 1. The Morgan fingerprint density at radius 2 is 1.80 bits per heavy atom. The predicted molar refractivity (Wildman–Crippen MR) is 79.7 cm³/mol. The molecular formula is C16H18N2O2. The van der Waals surface area contributed by atoms with Gasteiger partial charge in [-0.15, -0.1) is 0 Å². The third-order valence-corrected chi connectivity index (χ3v) is 3.28. The van der Waals surface area contributed by atoms with Gasteiger partial charge in [0, 0.05) is 11.9 Å². The van der Waals surface area contributed by atoms with Crippen molar-refractivity contribution in [2.75, 3.05) is 5.32 Å². The number of benzene rings is 1. The minimum absolute atomic E-state index is 0.181. The second-order valence-corrected chi connectivity index (χ2v) is 4.49. The molecule has 2 rings (SSSR count). The Kier molecular flexibility index (Phi) is 4.35. The fourth-order valence-corrected chi connectivity index (χ4v) is 2.20. The third kappa shape index (κ3) is 2.79. The molecule has 0 saturated carbocycles. The number of carbonyl (C=O) groups is 1. The van der Waals surface area contributed by atoms with E-state index in [1.807, 2.05) is 18.2 Å². The SMILES string of the molecule is CCc1cccc(CC)c1Nc1ncccc1C(=O)O. The van der Waals surface area contributed by atoms with Gasteiger partial charge >= 0.3 is 5.97 Å². The van der Waals surface area contributed by atoms with Crippen molar-refractivity contribution in [3.8, 4) is 0 Å². The van der Waals surface area contributed by atoms with Crippen LogP contribution in [0.2, 0.25) is 0 Å². The zero-order valence-corrected chi connectivity index (χ0v) is 11.7. The van der Waals surface area contributed by atoms with E-state index in [9.17, 15) is 9.90 Å². The summed E-state index contributed by atoms with van der Waals surface area (Å²) in [7, 11) is 0. The van der Waals surface area contributed by atoms with Crippen molar-refractivity contribution in [3.63, 3.8) is 0 Å². The summed E-state index contributed by atoms with van der Waals surface area (Å²) in [6.45, 7) is 4.16. The number of carboxylic acid groups (broad SMARTS) is 1. The van der Waals surface area contributed by atoms with Crippen molar-refractivity contribution in [2.45, 2.75) is 26.7 Å². The number of carboxylic acids is 1. The molecule has 0 atom stereocenters. The fourth-order valence-electron chi connectivity index (χ4n) is 2.20. The van der Waals surface area contributed by atoms with E-state index in [0.29, 0.717) is 5.82 Å². The predicted octanol–water partition coefficient (Wildman–Crippen LogP) is 3.65. The van der Waals surface area contributed by atoms with Gasteiger partial charge in [0.25, 0.3) is 0 Å². The normalized spacial score (nSPS) is 10.3. The molecule has 0 aliphatic rings. The van der Waals surface area contributed by atoms with Crippen LogP contribution in [0.25, 0.3) is 0 Å². The van der Waals surface area contributed by atoms with Gasteiger partial charge in [-0.1, -0.05) is 32.0 Å². The summed E-state index contributed by atoms with van der Waals surface area (Å²) in [4.78, 5) is 15.4. The maximum Gasteiger partial charge on any atom is 0.339 e. The van der Waals surface area contributed by atoms with Crippen LogP contribution in [0, 0.1) is 0 Å². The highest BCUT2D eigenvalue weighted by Gasteiger charge is 2.13. The monoisotopic (exact) mass is 270 g/mol. The van der Waals surface area contributed by atoms with E-state index in [1.54, 1.807) is 18.3 Å². The summed E-state index contributed by atoms with van der Waals surface area (Å²) in [6, 6.07) is 9.30. The molecule has 1 aromatic heterocycles. The number of pyridine rings is 1. The van der Waals surface area contributed by atoms with Gasteiger partial charge in [-0.25, -0.2) is 9.78 Å². The Hall–Kier alpha value is -2.36. The number of hydrogen-bond acceptors (Lipinski definition) is 3. The third-order valence-electron chi connectivity index (χ3n) is 3.28. The first-order valence-corrected chi connectivity index (χ1v) is 6.73. The molecule has 4 heteroatoms. The first kappa shape index (κ1) is 14.1.